The minimum atomic E-state index is -0.386. The molecule has 0 aliphatic rings. The second-order valence-corrected chi connectivity index (χ2v) is 4.96. The average molecular weight is 303 g/mol. The molecule has 0 spiro atoms. The van der Waals surface area contributed by atoms with Gasteiger partial charge >= 0.3 is 0 Å². The molecule has 1 aromatic carbocycles. The summed E-state index contributed by atoms with van der Waals surface area (Å²) in [6.07, 6.45) is 2.14. The fraction of sp³-hybridized carbons (Fsp3) is 0.375. The van der Waals surface area contributed by atoms with Gasteiger partial charge in [0.05, 0.1) is 12.8 Å². The van der Waals surface area contributed by atoms with E-state index in [0.29, 0.717) is 23.7 Å². The summed E-state index contributed by atoms with van der Waals surface area (Å²) in [7, 11) is 1.56. The van der Waals surface area contributed by atoms with Crippen molar-refractivity contribution in [1.82, 2.24) is 15.1 Å². The Balaban J connectivity index is 2.29. The average Bonchev–Trinajstić information content (AvgIpc) is 2.53. The number of ether oxygens (including phenoxy) is 1. The van der Waals surface area contributed by atoms with Crippen LogP contribution >= 0.6 is 0 Å². The molecule has 0 amide bonds. The maximum absolute atomic E-state index is 12.0. The monoisotopic (exact) mass is 303 g/mol. The third-order valence-electron chi connectivity index (χ3n) is 3.28. The smallest absolute Gasteiger partial charge is 0.275 e. The highest BCUT2D eigenvalue weighted by Gasteiger charge is 2.09. The normalized spacial score (nSPS) is 10.6. The van der Waals surface area contributed by atoms with E-state index in [0.717, 1.165) is 19.4 Å². The first-order valence-corrected chi connectivity index (χ1v) is 7.33. The molecule has 22 heavy (non-hydrogen) atoms. The summed E-state index contributed by atoms with van der Waals surface area (Å²) in [5.41, 5.74) is 0.653. The summed E-state index contributed by atoms with van der Waals surface area (Å²) in [5.74, 6) is 0.551. The van der Waals surface area contributed by atoms with Crippen LogP contribution in [0.3, 0.4) is 0 Å². The van der Waals surface area contributed by atoms with Gasteiger partial charge in [0.25, 0.3) is 5.56 Å². The predicted molar refractivity (Wildman–Crippen MR) is 84.7 cm³/mol. The molecule has 2 rings (SSSR count). The summed E-state index contributed by atoms with van der Waals surface area (Å²) in [4.78, 5) is 12.0. The SMILES string of the molecule is CCCCNCc1nn(-c2cccc(OC)c2)c(=O)cc1O. The highest BCUT2D eigenvalue weighted by molar-refractivity contribution is 5.39. The van der Waals surface area contributed by atoms with Crippen LogP contribution in [0.5, 0.6) is 11.5 Å². The van der Waals surface area contributed by atoms with Gasteiger partial charge in [-0.15, -0.1) is 0 Å². The lowest BCUT2D eigenvalue weighted by Gasteiger charge is -2.10. The molecule has 2 aromatic rings. The Morgan fingerprint density at radius 1 is 1.36 bits per heavy atom. The topological polar surface area (TPSA) is 76.4 Å². The Hall–Kier alpha value is -2.34. The van der Waals surface area contributed by atoms with Crippen LogP contribution in [0.4, 0.5) is 0 Å². The van der Waals surface area contributed by atoms with Crippen molar-refractivity contribution in [2.24, 2.45) is 0 Å². The Labute approximate surface area is 129 Å². The van der Waals surface area contributed by atoms with E-state index in [1.54, 1.807) is 31.4 Å². The third-order valence-corrected chi connectivity index (χ3v) is 3.28. The zero-order valence-corrected chi connectivity index (χ0v) is 12.9. The van der Waals surface area contributed by atoms with Crippen molar-refractivity contribution >= 4 is 0 Å². The van der Waals surface area contributed by atoms with Crippen LogP contribution in [0.25, 0.3) is 5.69 Å². The molecule has 0 radical (unpaired) electrons. The minimum Gasteiger partial charge on any atom is -0.506 e. The zero-order chi connectivity index (χ0) is 15.9. The second kappa shape index (κ2) is 7.61. The largest absolute Gasteiger partial charge is 0.506 e. The lowest BCUT2D eigenvalue weighted by atomic mass is 10.3. The van der Waals surface area contributed by atoms with Crippen LogP contribution in [0.15, 0.2) is 35.1 Å². The van der Waals surface area contributed by atoms with Crippen LogP contribution in [-0.2, 0) is 6.54 Å². The van der Waals surface area contributed by atoms with Gasteiger partial charge in [-0.25, -0.2) is 0 Å². The molecule has 0 unspecified atom stereocenters. The molecule has 1 heterocycles. The fourth-order valence-electron chi connectivity index (χ4n) is 2.04. The number of aromatic hydroxyl groups is 1. The third kappa shape index (κ3) is 3.85. The molecule has 6 heteroatoms. The molecule has 0 saturated carbocycles. The zero-order valence-electron chi connectivity index (χ0n) is 12.9. The van der Waals surface area contributed by atoms with Gasteiger partial charge in [-0.3, -0.25) is 4.79 Å². The molecule has 6 nitrogen and oxygen atoms in total. The molecule has 118 valence electrons. The predicted octanol–water partition coefficient (Wildman–Crippen LogP) is 1.84. The molecule has 1 aromatic heterocycles. The standard InChI is InChI=1S/C16H21N3O3/c1-3-4-8-17-11-14-15(20)10-16(21)19(18-14)12-6-5-7-13(9-12)22-2/h5-7,9-10,17,20H,3-4,8,11H2,1-2H3. The Morgan fingerprint density at radius 3 is 2.91 bits per heavy atom. The maximum atomic E-state index is 12.0. The first-order valence-electron chi connectivity index (χ1n) is 7.33. The molecule has 0 fully saturated rings. The van der Waals surface area contributed by atoms with Crippen LogP contribution in [0, 0.1) is 0 Å². The molecule has 0 atom stereocenters. The molecular formula is C16H21N3O3. The van der Waals surface area contributed by atoms with E-state index in [-0.39, 0.29) is 11.3 Å². The van der Waals surface area contributed by atoms with Crippen LogP contribution in [0.1, 0.15) is 25.5 Å². The summed E-state index contributed by atoms with van der Waals surface area (Å²) >= 11 is 0. The van der Waals surface area contributed by atoms with Crippen molar-refractivity contribution in [3.05, 3.63) is 46.4 Å². The van der Waals surface area contributed by atoms with Gasteiger partial charge < -0.3 is 15.2 Å². The lowest BCUT2D eigenvalue weighted by Crippen LogP contribution is -2.24. The van der Waals surface area contributed by atoms with Crippen molar-refractivity contribution < 1.29 is 9.84 Å². The van der Waals surface area contributed by atoms with Crippen LogP contribution < -0.4 is 15.6 Å². The van der Waals surface area contributed by atoms with Crippen molar-refractivity contribution in [2.75, 3.05) is 13.7 Å². The maximum Gasteiger partial charge on any atom is 0.275 e. The summed E-state index contributed by atoms with van der Waals surface area (Å²) in [6, 6.07) is 8.25. The van der Waals surface area contributed by atoms with Crippen molar-refractivity contribution in [3.8, 4) is 17.2 Å². The number of hydrogen-bond donors (Lipinski definition) is 2. The van der Waals surface area contributed by atoms with Gasteiger partial charge in [-0.1, -0.05) is 19.4 Å². The number of benzene rings is 1. The fourth-order valence-corrected chi connectivity index (χ4v) is 2.04. The molecule has 2 N–H and O–H groups in total. The first-order chi connectivity index (χ1) is 10.7. The molecule has 0 aliphatic carbocycles. The van der Waals surface area contributed by atoms with Gasteiger partial charge in [-0.2, -0.15) is 9.78 Å². The highest BCUT2D eigenvalue weighted by Crippen LogP contribution is 2.16. The van der Waals surface area contributed by atoms with Crippen molar-refractivity contribution in [3.63, 3.8) is 0 Å². The van der Waals surface area contributed by atoms with Crippen LogP contribution in [0.2, 0.25) is 0 Å². The molecule has 0 aliphatic heterocycles. The summed E-state index contributed by atoms with van der Waals surface area (Å²) < 4.78 is 6.42. The molecule has 0 bridgehead atoms. The number of unbranched alkanes of at least 4 members (excludes halogenated alkanes) is 1. The first kappa shape index (κ1) is 16.0. The van der Waals surface area contributed by atoms with Gasteiger partial charge in [0.15, 0.2) is 0 Å². The number of aromatic nitrogens is 2. The molecular weight excluding hydrogens is 282 g/mol. The van der Waals surface area contributed by atoms with E-state index < -0.39 is 0 Å². The second-order valence-electron chi connectivity index (χ2n) is 4.96. The van der Waals surface area contributed by atoms with E-state index in [1.807, 2.05) is 0 Å². The molecule has 0 saturated heterocycles. The van der Waals surface area contributed by atoms with Crippen LogP contribution in [-0.4, -0.2) is 28.5 Å². The highest BCUT2D eigenvalue weighted by atomic mass is 16.5. The lowest BCUT2D eigenvalue weighted by molar-refractivity contribution is 0.414. The summed E-state index contributed by atoms with van der Waals surface area (Å²) in [6.45, 7) is 3.37. The van der Waals surface area contributed by atoms with E-state index in [4.69, 9.17) is 4.74 Å². The van der Waals surface area contributed by atoms with E-state index >= 15 is 0 Å². The Kier molecular flexibility index (Phi) is 5.55. The number of hydrogen-bond acceptors (Lipinski definition) is 5. The quantitative estimate of drug-likeness (QED) is 0.763. The summed E-state index contributed by atoms with van der Waals surface area (Å²) in [5, 5.41) is 17.3. The number of nitrogens with zero attached hydrogens (tertiary/aromatic N) is 2. The van der Waals surface area contributed by atoms with Gasteiger partial charge in [0.2, 0.25) is 0 Å². The van der Waals surface area contributed by atoms with Gasteiger partial charge in [0.1, 0.15) is 17.2 Å². The Morgan fingerprint density at radius 2 is 2.18 bits per heavy atom. The number of nitrogens with one attached hydrogen (secondary N) is 1. The van der Waals surface area contributed by atoms with E-state index in [2.05, 4.69) is 17.3 Å². The van der Waals surface area contributed by atoms with E-state index in [1.165, 1.54) is 10.7 Å². The number of rotatable bonds is 7. The van der Waals surface area contributed by atoms with Crippen molar-refractivity contribution in [2.45, 2.75) is 26.3 Å². The van der Waals surface area contributed by atoms with E-state index in [9.17, 15) is 9.90 Å². The number of methoxy groups -OCH3 is 1. The van der Waals surface area contributed by atoms with Gasteiger partial charge in [0, 0.05) is 18.7 Å². The van der Waals surface area contributed by atoms with Crippen molar-refractivity contribution in [1.29, 1.82) is 0 Å². The minimum absolute atomic E-state index is 0.0897. The van der Waals surface area contributed by atoms with Gasteiger partial charge in [-0.05, 0) is 25.1 Å². The Bertz CT molecular complexity index is 683.